The minimum absolute atomic E-state index is 0.0515. The molecular weight excluding hydrogens is 541 g/mol. The van der Waals surface area contributed by atoms with E-state index in [2.05, 4.69) is 5.32 Å². The number of hydrogen-bond acceptors (Lipinski definition) is 4. The van der Waals surface area contributed by atoms with E-state index in [4.69, 9.17) is 11.6 Å². The van der Waals surface area contributed by atoms with E-state index >= 15 is 0 Å². The summed E-state index contributed by atoms with van der Waals surface area (Å²) >= 11 is 5.97. The summed E-state index contributed by atoms with van der Waals surface area (Å²) < 4.78 is 43.2. The van der Waals surface area contributed by atoms with Gasteiger partial charge in [-0.15, -0.1) is 0 Å². The van der Waals surface area contributed by atoms with Gasteiger partial charge in [0.25, 0.3) is 10.0 Å². The molecule has 208 valence electrons. The normalized spacial score (nSPS) is 12.9. The van der Waals surface area contributed by atoms with Crippen molar-refractivity contribution in [3.8, 4) is 0 Å². The Kier molecular flexibility index (Phi) is 10.1. The van der Waals surface area contributed by atoms with Crippen LogP contribution in [-0.4, -0.2) is 43.8 Å². The third kappa shape index (κ3) is 7.58. The van der Waals surface area contributed by atoms with Crippen LogP contribution in [0.25, 0.3) is 0 Å². The molecular formula is C29H33ClFN3O4S. The van der Waals surface area contributed by atoms with Crippen LogP contribution in [-0.2, 0) is 26.2 Å². The van der Waals surface area contributed by atoms with Gasteiger partial charge in [0.2, 0.25) is 11.8 Å². The third-order valence-corrected chi connectivity index (χ3v) is 8.48. The number of rotatable bonds is 11. The predicted molar refractivity (Wildman–Crippen MR) is 151 cm³/mol. The summed E-state index contributed by atoms with van der Waals surface area (Å²) in [4.78, 5) is 28.1. The Hall–Kier alpha value is -3.43. The molecule has 0 radical (unpaired) electrons. The van der Waals surface area contributed by atoms with Crippen molar-refractivity contribution in [2.75, 3.05) is 10.8 Å². The fourth-order valence-corrected chi connectivity index (χ4v) is 5.44. The van der Waals surface area contributed by atoms with Gasteiger partial charge in [-0.2, -0.15) is 0 Å². The highest BCUT2D eigenvalue weighted by Gasteiger charge is 2.33. The molecule has 0 fully saturated rings. The Morgan fingerprint density at radius 2 is 1.67 bits per heavy atom. The molecule has 39 heavy (non-hydrogen) atoms. The number of nitrogens with one attached hydrogen (secondary N) is 1. The summed E-state index contributed by atoms with van der Waals surface area (Å²) in [5.41, 5.74) is 1.28. The molecule has 7 nitrogen and oxygen atoms in total. The summed E-state index contributed by atoms with van der Waals surface area (Å²) in [6.07, 6.45) is 0.681. The first kappa shape index (κ1) is 30.1. The molecule has 0 heterocycles. The van der Waals surface area contributed by atoms with Crippen LogP contribution in [0.15, 0.2) is 77.7 Å². The summed E-state index contributed by atoms with van der Waals surface area (Å²) in [5, 5.41) is 3.21. The van der Waals surface area contributed by atoms with Gasteiger partial charge < -0.3 is 10.2 Å². The van der Waals surface area contributed by atoms with Gasteiger partial charge in [0, 0.05) is 23.2 Å². The zero-order valence-corrected chi connectivity index (χ0v) is 24.0. The minimum atomic E-state index is -4.21. The highest BCUT2D eigenvalue weighted by molar-refractivity contribution is 7.92. The number of amides is 2. The number of halogens is 2. The van der Waals surface area contributed by atoms with Crippen LogP contribution >= 0.6 is 11.6 Å². The molecule has 1 N–H and O–H groups in total. The van der Waals surface area contributed by atoms with E-state index < -0.39 is 40.2 Å². The Morgan fingerprint density at radius 3 is 2.28 bits per heavy atom. The van der Waals surface area contributed by atoms with Gasteiger partial charge in [-0.3, -0.25) is 13.9 Å². The van der Waals surface area contributed by atoms with Gasteiger partial charge in [0.15, 0.2) is 0 Å². The number of nitrogens with zero attached hydrogens (tertiary/aromatic N) is 2. The molecule has 3 aromatic carbocycles. The zero-order chi connectivity index (χ0) is 28.7. The van der Waals surface area contributed by atoms with Crippen molar-refractivity contribution in [1.29, 1.82) is 0 Å². The number of carbonyl (C=O) groups is 2. The van der Waals surface area contributed by atoms with Crippen LogP contribution in [0.1, 0.15) is 38.3 Å². The molecule has 2 atom stereocenters. The molecule has 2 amide bonds. The number of hydrogen-bond donors (Lipinski definition) is 1. The molecule has 0 saturated heterocycles. The van der Waals surface area contributed by atoms with Gasteiger partial charge in [-0.05, 0) is 75.2 Å². The summed E-state index contributed by atoms with van der Waals surface area (Å²) in [7, 11) is -4.21. The van der Waals surface area contributed by atoms with Crippen molar-refractivity contribution >= 4 is 39.1 Å². The highest BCUT2D eigenvalue weighted by atomic mass is 35.5. The van der Waals surface area contributed by atoms with E-state index in [1.54, 1.807) is 31.2 Å². The zero-order valence-electron chi connectivity index (χ0n) is 22.4. The lowest BCUT2D eigenvalue weighted by Gasteiger charge is -2.32. The summed E-state index contributed by atoms with van der Waals surface area (Å²) in [6.45, 7) is 6.28. The number of benzene rings is 3. The lowest BCUT2D eigenvalue weighted by molar-refractivity contribution is -0.139. The smallest absolute Gasteiger partial charge is 0.264 e. The first-order valence-corrected chi connectivity index (χ1v) is 14.4. The predicted octanol–water partition coefficient (Wildman–Crippen LogP) is 5.31. The van der Waals surface area contributed by atoms with Crippen molar-refractivity contribution in [2.45, 2.75) is 57.6 Å². The van der Waals surface area contributed by atoms with Crippen LogP contribution in [0, 0.1) is 12.7 Å². The average molecular weight is 574 g/mol. The SMILES string of the molecule is CC[C@H](C)NC(=O)[C@H](C)N(Cc1ccccc1F)C(=O)CN(c1cccc(C)c1)S(=O)(=O)c1ccc(Cl)cc1. The van der Waals surface area contributed by atoms with Crippen molar-refractivity contribution in [1.82, 2.24) is 10.2 Å². The Morgan fingerprint density at radius 1 is 1.00 bits per heavy atom. The van der Waals surface area contributed by atoms with Crippen LogP contribution in [0.3, 0.4) is 0 Å². The van der Waals surface area contributed by atoms with Gasteiger partial charge in [-0.1, -0.05) is 48.9 Å². The summed E-state index contributed by atoms with van der Waals surface area (Å²) in [5.74, 6) is -1.62. The second-order valence-electron chi connectivity index (χ2n) is 9.41. The third-order valence-electron chi connectivity index (χ3n) is 6.44. The van der Waals surface area contributed by atoms with Crippen LogP contribution in [0.5, 0.6) is 0 Å². The standard InChI is InChI=1S/C29H33ClFN3O4S/c1-5-21(3)32-29(36)22(4)33(18-23-10-6-7-12-27(23)31)28(35)19-34(25-11-8-9-20(2)17-25)39(37,38)26-15-13-24(30)14-16-26/h6-17,21-22H,5,18-19H2,1-4H3,(H,32,36)/t21-,22-/m0/s1. The van der Waals surface area contributed by atoms with E-state index in [0.717, 1.165) is 9.87 Å². The number of anilines is 1. The second-order valence-corrected chi connectivity index (χ2v) is 11.7. The maximum Gasteiger partial charge on any atom is 0.264 e. The minimum Gasteiger partial charge on any atom is -0.352 e. The van der Waals surface area contributed by atoms with Crippen LogP contribution < -0.4 is 9.62 Å². The van der Waals surface area contributed by atoms with Gasteiger partial charge >= 0.3 is 0 Å². The van der Waals surface area contributed by atoms with Gasteiger partial charge in [0.1, 0.15) is 18.4 Å². The van der Waals surface area contributed by atoms with E-state index in [-0.39, 0.29) is 28.7 Å². The highest BCUT2D eigenvalue weighted by Crippen LogP contribution is 2.26. The van der Waals surface area contributed by atoms with E-state index in [1.807, 2.05) is 26.8 Å². The fraction of sp³-hybridized carbons (Fsp3) is 0.310. The van der Waals surface area contributed by atoms with Crippen molar-refractivity contribution < 1.29 is 22.4 Å². The average Bonchev–Trinajstić information content (AvgIpc) is 2.90. The van der Waals surface area contributed by atoms with Crippen LogP contribution in [0.2, 0.25) is 5.02 Å². The summed E-state index contributed by atoms with van der Waals surface area (Å²) in [6, 6.07) is 17.2. The molecule has 0 aromatic heterocycles. The largest absolute Gasteiger partial charge is 0.352 e. The maximum atomic E-state index is 14.6. The lowest BCUT2D eigenvalue weighted by atomic mass is 10.1. The molecule has 0 spiro atoms. The Balaban J connectivity index is 2.04. The molecule has 10 heteroatoms. The van der Waals surface area contributed by atoms with Crippen molar-refractivity contribution in [3.05, 3.63) is 94.8 Å². The van der Waals surface area contributed by atoms with Crippen molar-refractivity contribution in [3.63, 3.8) is 0 Å². The van der Waals surface area contributed by atoms with Crippen LogP contribution in [0.4, 0.5) is 10.1 Å². The molecule has 0 aliphatic heterocycles. The molecule has 0 aliphatic rings. The first-order valence-electron chi connectivity index (χ1n) is 12.6. The fourth-order valence-electron chi connectivity index (χ4n) is 3.90. The van der Waals surface area contributed by atoms with E-state index in [9.17, 15) is 22.4 Å². The Labute approximate surface area is 234 Å². The molecule has 0 aliphatic carbocycles. The quantitative estimate of drug-likeness (QED) is 0.337. The number of aryl methyl sites for hydroxylation is 1. The molecule has 3 rings (SSSR count). The maximum absolute atomic E-state index is 14.6. The van der Waals surface area contributed by atoms with E-state index in [1.165, 1.54) is 47.4 Å². The Bertz CT molecular complexity index is 1420. The number of sulfonamides is 1. The molecule has 0 saturated carbocycles. The van der Waals surface area contributed by atoms with E-state index in [0.29, 0.717) is 11.4 Å². The van der Waals surface area contributed by atoms with Gasteiger partial charge in [-0.25, -0.2) is 12.8 Å². The van der Waals surface area contributed by atoms with Crippen molar-refractivity contribution in [2.24, 2.45) is 0 Å². The molecule has 0 bridgehead atoms. The first-order chi connectivity index (χ1) is 18.4. The molecule has 3 aromatic rings. The van der Waals surface area contributed by atoms with Gasteiger partial charge in [0.05, 0.1) is 10.6 Å². The molecule has 0 unspecified atom stereocenters. The second kappa shape index (κ2) is 13.1. The number of carbonyl (C=O) groups excluding carboxylic acids is 2. The topological polar surface area (TPSA) is 86.8 Å². The monoisotopic (exact) mass is 573 g/mol. The lowest BCUT2D eigenvalue weighted by Crippen LogP contribution is -2.52.